The second-order valence-corrected chi connectivity index (χ2v) is 3.64. The van der Waals surface area contributed by atoms with Crippen LogP contribution >= 0.6 is 27.5 Å². The number of alkyl halides is 3. The largest absolute Gasteiger partial charge is 0.369 e. The van der Waals surface area contributed by atoms with Crippen molar-refractivity contribution >= 4 is 33.3 Å². The van der Waals surface area contributed by atoms with E-state index >= 15 is 0 Å². The van der Waals surface area contributed by atoms with Gasteiger partial charge in [0.2, 0.25) is 5.69 Å². The summed E-state index contributed by atoms with van der Waals surface area (Å²) in [5, 5.41) is 10.5. The summed E-state index contributed by atoms with van der Waals surface area (Å²) in [6.07, 6.45) is -2.86. The SMILES string of the molecule is O=[N+]([O-])c1nc(C(F)F)cc(Br)c1CCl. The van der Waals surface area contributed by atoms with Gasteiger partial charge < -0.3 is 10.1 Å². The lowest BCUT2D eigenvalue weighted by molar-refractivity contribution is -0.390. The highest BCUT2D eigenvalue weighted by Gasteiger charge is 2.24. The van der Waals surface area contributed by atoms with E-state index in [4.69, 9.17) is 11.6 Å². The molecule has 0 aromatic carbocycles. The molecule has 0 amide bonds. The Labute approximate surface area is 96.5 Å². The number of aromatic nitrogens is 1. The fourth-order valence-electron chi connectivity index (χ4n) is 0.932. The van der Waals surface area contributed by atoms with E-state index in [1.807, 2.05) is 0 Å². The molecular formula is C7H4BrClF2N2O2. The van der Waals surface area contributed by atoms with Gasteiger partial charge >= 0.3 is 12.2 Å². The minimum absolute atomic E-state index is 0.0890. The van der Waals surface area contributed by atoms with Crippen LogP contribution in [0.3, 0.4) is 0 Å². The van der Waals surface area contributed by atoms with Crippen LogP contribution in [0.25, 0.3) is 0 Å². The molecule has 0 N–H and O–H groups in total. The van der Waals surface area contributed by atoms with Crippen LogP contribution in [-0.4, -0.2) is 9.91 Å². The summed E-state index contributed by atoms with van der Waals surface area (Å²) in [6.45, 7) is 0. The van der Waals surface area contributed by atoms with Crippen LogP contribution in [0.15, 0.2) is 10.5 Å². The highest BCUT2D eigenvalue weighted by molar-refractivity contribution is 9.10. The Hall–Kier alpha value is -0.820. The van der Waals surface area contributed by atoms with Gasteiger partial charge in [-0.15, -0.1) is 11.6 Å². The maximum absolute atomic E-state index is 12.3. The molecule has 15 heavy (non-hydrogen) atoms. The number of halogens is 4. The second-order valence-electron chi connectivity index (χ2n) is 2.52. The summed E-state index contributed by atoms with van der Waals surface area (Å²) in [5.41, 5.74) is -0.562. The zero-order valence-electron chi connectivity index (χ0n) is 7.08. The molecule has 0 atom stereocenters. The molecule has 0 radical (unpaired) electrons. The molecule has 0 saturated heterocycles. The van der Waals surface area contributed by atoms with E-state index in [2.05, 4.69) is 20.9 Å². The molecule has 0 saturated carbocycles. The van der Waals surface area contributed by atoms with Gasteiger partial charge in [0.15, 0.2) is 0 Å². The average Bonchev–Trinajstić information content (AvgIpc) is 2.16. The molecular weight excluding hydrogens is 297 g/mol. The van der Waals surface area contributed by atoms with Gasteiger partial charge in [0.05, 0.1) is 11.4 Å². The number of hydrogen-bond acceptors (Lipinski definition) is 3. The number of rotatable bonds is 3. The Kier molecular flexibility index (Phi) is 3.92. The van der Waals surface area contributed by atoms with E-state index in [0.29, 0.717) is 0 Å². The molecule has 0 unspecified atom stereocenters. The quantitative estimate of drug-likeness (QED) is 0.488. The first-order valence-electron chi connectivity index (χ1n) is 3.65. The van der Waals surface area contributed by atoms with Crippen molar-refractivity contribution in [2.45, 2.75) is 12.3 Å². The summed E-state index contributed by atoms with van der Waals surface area (Å²) < 4.78 is 24.7. The Morgan fingerprint density at radius 1 is 1.67 bits per heavy atom. The Morgan fingerprint density at radius 3 is 2.67 bits per heavy atom. The zero-order valence-corrected chi connectivity index (χ0v) is 9.43. The molecule has 1 aromatic heterocycles. The van der Waals surface area contributed by atoms with E-state index in [1.165, 1.54) is 0 Å². The Morgan fingerprint density at radius 2 is 2.27 bits per heavy atom. The summed E-state index contributed by atoms with van der Waals surface area (Å²) in [6, 6.07) is 1.02. The monoisotopic (exact) mass is 300 g/mol. The van der Waals surface area contributed by atoms with Crippen molar-refractivity contribution in [3.8, 4) is 0 Å². The van der Waals surface area contributed by atoms with Crippen LogP contribution in [0.4, 0.5) is 14.6 Å². The van der Waals surface area contributed by atoms with E-state index < -0.39 is 22.9 Å². The number of nitro groups is 1. The lowest BCUT2D eigenvalue weighted by atomic mass is 10.2. The van der Waals surface area contributed by atoms with Crippen LogP contribution in [0.5, 0.6) is 0 Å². The van der Waals surface area contributed by atoms with Crippen molar-refractivity contribution in [1.82, 2.24) is 4.98 Å². The molecule has 1 rings (SSSR count). The Bertz CT molecular complexity index is 403. The molecule has 1 aromatic rings. The second kappa shape index (κ2) is 4.80. The minimum Gasteiger partial charge on any atom is -0.358 e. The molecule has 0 spiro atoms. The fraction of sp³-hybridized carbons (Fsp3) is 0.286. The molecule has 4 nitrogen and oxygen atoms in total. The van der Waals surface area contributed by atoms with Crippen molar-refractivity contribution in [2.24, 2.45) is 0 Å². The summed E-state index contributed by atoms with van der Waals surface area (Å²) in [4.78, 5) is 12.9. The highest BCUT2D eigenvalue weighted by atomic mass is 79.9. The fourth-order valence-corrected chi connectivity index (χ4v) is 1.91. The van der Waals surface area contributed by atoms with Gasteiger partial charge in [-0.2, -0.15) is 0 Å². The predicted molar refractivity (Wildman–Crippen MR) is 53.1 cm³/mol. The zero-order chi connectivity index (χ0) is 11.6. The molecule has 8 heteroatoms. The first kappa shape index (κ1) is 12.3. The van der Waals surface area contributed by atoms with E-state index in [9.17, 15) is 18.9 Å². The minimum atomic E-state index is -2.86. The number of nitrogens with zero attached hydrogens (tertiary/aromatic N) is 2. The van der Waals surface area contributed by atoms with Crippen LogP contribution in [-0.2, 0) is 5.88 Å². The molecule has 0 aliphatic rings. The average molecular weight is 301 g/mol. The standard InChI is InChI=1S/C7H4BrClF2N2O2/c8-4-1-5(6(10)11)12-7(13(14)15)3(4)2-9/h1,6H,2H2. The molecule has 0 aliphatic heterocycles. The molecule has 1 heterocycles. The predicted octanol–water partition coefficient (Wildman–Crippen LogP) is 3.43. The smallest absolute Gasteiger partial charge is 0.358 e. The first-order chi connectivity index (χ1) is 6.97. The summed E-state index contributed by atoms with van der Waals surface area (Å²) in [7, 11) is 0. The van der Waals surface area contributed by atoms with Crippen LogP contribution < -0.4 is 0 Å². The van der Waals surface area contributed by atoms with Gasteiger partial charge in [0, 0.05) is 10.5 Å². The summed E-state index contributed by atoms with van der Waals surface area (Å²) in [5.74, 6) is -0.817. The molecule has 0 bridgehead atoms. The first-order valence-corrected chi connectivity index (χ1v) is 4.98. The Balaban J connectivity index is 3.38. The maximum atomic E-state index is 12.3. The van der Waals surface area contributed by atoms with Crippen LogP contribution in [0.1, 0.15) is 17.7 Å². The van der Waals surface area contributed by atoms with Crippen molar-refractivity contribution in [3.63, 3.8) is 0 Å². The van der Waals surface area contributed by atoms with Gasteiger partial charge in [0.25, 0.3) is 0 Å². The van der Waals surface area contributed by atoms with Gasteiger partial charge in [-0.05, 0) is 9.91 Å². The van der Waals surface area contributed by atoms with E-state index in [-0.39, 0.29) is 15.9 Å². The lowest BCUT2D eigenvalue weighted by Crippen LogP contribution is -2.02. The number of pyridine rings is 1. The van der Waals surface area contributed by atoms with Crippen molar-refractivity contribution in [3.05, 3.63) is 31.9 Å². The van der Waals surface area contributed by atoms with Gasteiger partial charge in [-0.3, -0.25) is 0 Å². The third kappa shape index (κ3) is 2.60. The van der Waals surface area contributed by atoms with Crippen molar-refractivity contribution < 1.29 is 13.7 Å². The van der Waals surface area contributed by atoms with Crippen molar-refractivity contribution in [2.75, 3.05) is 0 Å². The third-order valence-electron chi connectivity index (χ3n) is 1.60. The van der Waals surface area contributed by atoms with Gasteiger partial charge in [0.1, 0.15) is 0 Å². The molecule has 82 valence electrons. The van der Waals surface area contributed by atoms with E-state index in [0.717, 1.165) is 6.07 Å². The topological polar surface area (TPSA) is 56.0 Å². The maximum Gasteiger partial charge on any atom is 0.369 e. The van der Waals surface area contributed by atoms with Crippen molar-refractivity contribution in [1.29, 1.82) is 0 Å². The third-order valence-corrected chi connectivity index (χ3v) is 2.57. The normalized spacial score (nSPS) is 10.7. The number of hydrogen-bond donors (Lipinski definition) is 0. The van der Waals surface area contributed by atoms with Gasteiger partial charge in [-0.25, -0.2) is 8.78 Å². The van der Waals surface area contributed by atoms with Crippen LogP contribution in [0, 0.1) is 10.1 Å². The molecule has 0 aliphatic carbocycles. The lowest BCUT2D eigenvalue weighted by Gasteiger charge is -2.03. The van der Waals surface area contributed by atoms with Crippen LogP contribution in [0.2, 0.25) is 0 Å². The molecule has 0 fully saturated rings. The highest BCUT2D eigenvalue weighted by Crippen LogP contribution is 2.30. The summed E-state index contributed by atoms with van der Waals surface area (Å²) >= 11 is 8.38. The van der Waals surface area contributed by atoms with E-state index in [1.54, 1.807) is 0 Å². The van der Waals surface area contributed by atoms with Gasteiger partial charge in [-0.1, -0.05) is 15.9 Å².